The minimum atomic E-state index is -3.60. The van der Waals surface area contributed by atoms with Crippen LogP contribution in [0.1, 0.15) is 5.56 Å². The molecule has 0 bridgehead atoms. The lowest BCUT2D eigenvalue weighted by atomic mass is 10.2. The van der Waals surface area contributed by atoms with E-state index in [1.165, 1.54) is 0 Å². The lowest BCUT2D eigenvalue weighted by Crippen LogP contribution is -2.12. The molecule has 0 amide bonds. The Morgan fingerprint density at radius 3 is 2.42 bits per heavy atom. The summed E-state index contributed by atoms with van der Waals surface area (Å²) in [7, 11) is -3.60. The third kappa shape index (κ3) is 3.34. The van der Waals surface area contributed by atoms with Crippen LogP contribution in [-0.4, -0.2) is 13.4 Å². The topological polar surface area (TPSA) is 59.1 Å². The van der Waals surface area contributed by atoms with Crippen LogP contribution in [0.25, 0.3) is 20.8 Å². The molecule has 0 radical (unpaired) electrons. The van der Waals surface area contributed by atoms with Gasteiger partial charge in [-0.15, -0.1) is 11.3 Å². The van der Waals surface area contributed by atoms with E-state index in [1.54, 1.807) is 41.7 Å². The van der Waals surface area contributed by atoms with Crippen LogP contribution in [0.3, 0.4) is 0 Å². The molecule has 0 unspecified atom stereocenters. The monoisotopic (exact) mass is 380 g/mol. The molecule has 1 N–H and O–H groups in total. The van der Waals surface area contributed by atoms with Gasteiger partial charge in [0.15, 0.2) is 0 Å². The Labute approximate surface area is 156 Å². The summed E-state index contributed by atoms with van der Waals surface area (Å²) in [5.41, 5.74) is 3.36. The number of aromatic nitrogens is 1. The maximum atomic E-state index is 12.5. The summed E-state index contributed by atoms with van der Waals surface area (Å²) in [6.45, 7) is 1.87. The minimum absolute atomic E-state index is 0.257. The lowest BCUT2D eigenvalue weighted by Gasteiger charge is -2.09. The zero-order valence-electron chi connectivity index (χ0n) is 14.0. The van der Waals surface area contributed by atoms with Crippen molar-refractivity contribution in [3.63, 3.8) is 0 Å². The van der Waals surface area contributed by atoms with Crippen molar-refractivity contribution in [2.45, 2.75) is 11.8 Å². The van der Waals surface area contributed by atoms with Crippen molar-refractivity contribution in [3.05, 3.63) is 78.4 Å². The highest BCUT2D eigenvalue weighted by molar-refractivity contribution is 7.92. The fourth-order valence-corrected chi connectivity index (χ4v) is 4.81. The number of fused-ring (bicyclic) bond motifs is 1. The molecule has 0 saturated carbocycles. The molecule has 1 heterocycles. The number of nitrogens with one attached hydrogen (secondary N) is 1. The van der Waals surface area contributed by atoms with Crippen molar-refractivity contribution in [1.82, 2.24) is 4.98 Å². The summed E-state index contributed by atoms with van der Waals surface area (Å²) in [5, 5.41) is 0.916. The van der Waals surface area contributed by atoms with Gasteiger partial charge in [-0.2, -0.15) is 0 Å². The summed E-state index contributed by atoms with van der Waals surface area (Å²) >= 11 is 1.62. The summed E-state index contributed by atoms with van der Waals surface area (Å²) in [5.74, 6) is 0. The molecule has 0 spiro atoms. The van der Waals surface area contributed by atoms with Gasteiger partial charge in [-0.1, -0.05) is 24.3 Å². The van der Waals surface area contributed by atoms with Crippen molar-refractivity contribution < 1.29 is 8.42 Å². The summed E-state index contributed by atoms with van der Waals surface area (Å²) < 4.78 is 28.8. The standard InChI is InChI=1S/C20H16N2O2S2/c1-14-5-4-6-17(13-14)26(23,24)22-16-11-9-15(10-12-16)20-21-18-7-2-3-8-19(18)25-20/h2-13,22H,1H3. The fraction of sp³-hybridized carbons (Fsp3) is 0.0500. The number of sulfonamides is 1. The first-order chi connectivity index (χ1) is 12.5. The maximum Gasteiger partial charge on any atom is 0.261 e. The van der Waals surface area contributed by atoms with Gasteiger partial charge in [0.1, 0.15) is 5.01 Å². The molecule has 26 heavy (non-hydrogen) atoms. The SMILES string of the molecule is Cc1cccc(S(=O)(=O)Nc2ccc(-c3nc4ccccc4s3)cc2)c1. The molecule has 4 nitrogen and oxygen atoms in total. The van der Waals surface area contributed by atoms with Crippen LogP contribution >= 0.6 is 11.3 Å². The highest BCUT2D eigenvalue weighted by Gasteiger charge is 2.14. The molecule has 0 aliphatic carbocycles. The molecule has 3 aromatic carbocycles. The van der Waals surface area contributed by atoms with E-state index in [2.05, 4.69) is 9.71 Å². The number of rotatable bonds is 4. The molecule has 0 atom stereocenters. The molecule has 4 aromatic rings. The number of nitrogens with zero attached hydrogens (tertiary/aromatic N) is 1. The normalized spacial score (nSPS) is 11.6. The van der Waals surface area contributed by atoms with E-state index in [4.69, 9.17) is 0 Å². The van der Waals surface area contributed by atoms with Crippen LogP contribution in [0.15, 0.2) is 77.7 Å². The molecule has 0 aliphatic heterocycles. The first-order valence-corrected chi connectivity index (χ1v) is 10.4. The highest BCUT2D eigenvalue weighted by atomic mass is 32.2. The van der Waals surface area contributed by atoms with E-state index in [0.29, 0.717) is 5.69 Å². The van der Waals surface area contributed by atoms with Crippen molar-refractivity contribution in [1.29, 1.82) is 0 Å². The number of anilines is 1. The number of thiazole rings is 1. The Hall–Kier alpha value is -2.70. The number of hydrogen-bond acceptors (Lipinski definition) is 4. The van der Waals surface area contributed by atoms with Crippen LogP contribution in [0.5, 0.6) is 0 Å². The fourth-order valence-electron chi connectivity index (χ4n) is 2.67. The second-order valence-electron chi connectivity index (χ2n) is 5.99. The van der Waals surface area contributed by atoms with Crippen LogP contribution in [0, 0.1) is 6.92 Å². The van der Waals surface area contributed by atoms with Crippen LogP contribution < -0.4 is 4.72 Å². The largest absolute Gasteiger partial charge is 0.280 e. The van der Waals surface area contributed by atoms with Crippen molar-refractivity contribution in [2.75, 3.05) is 4.72 Å². The van der Waals surface area contributed by atoms with Gasteiger partial charge in [-0.3, -0.25) is 4.72 Å². The average molecular weight is 380 g/mol. The van der Waals surface area contributed by atoms with E-state index in [0.717, 1.165) is 26.4 Å². The lowest BCUT2D eigenvalue weighted by molar-refractivity contribution is 0.601. The zero-order valence-corrected chi connectivity index (χ0v) is 15.6. The second-order valence-corrected chi connectivity index (χ2v) is 8.70. The first-order valence-electron chi connectivity index (χ1n) is 8.07. The molecule has 0 fully saturated rings. The third-order valence-electron chi connectivity index (χ3n) is 3.98. The number of aryl methyl sites for hydroxylation is 1. The van der Waals surface area contributed by atoms with Crippen LogP contribution in [0.4, 0.5) is 5.69 Å². The smallest absolute Gasteiger partial charge is 0.261 e. The quantitative estimate of drug-likeness (QED) is 0.537. The van der Waals surface area contributed by atoms with Gasteiger partial charge in [0.05, 0.1) is 15.1 Å². The highest BCUT2D eigenvalue weighted by Crippen LogP contribution is 2.30. The summed E-state index contributed by atoms with van der Waals surface area (Å²) in [6.07, 6.45) is 0. The van der Waals surface area contributed by atoms with E-state index in [9.17, 15) is 8.42 Å². The van der Waals surface area contributed by atoms with E-state index in [-0.39, 0.29) is 4.90 Å². The predicted molar refractivity (Wildman–Crippen MR) is 107 cm³/mol. The Kier molecular flexibility index (Phi) is 4.22. The summed E-state index contributed by atoms with van der Waals surface area (Å²) in [6, 6.07) is 22.1. The molecular formula is C20H16N2O2S2. The van der Waals surface area contributed by atoms with Crippen LogP contribution in [-0.2, 0) is 10.0 Å². The van der Waals surface area contributed by atoms with Gasteiger partial charge in [0.25, 0.3) is 10.0 Å². The summed E-state index contributed by atoms with van der Waals surface area (Å²) in [4.78, 5) is 4.88. The van der Waals surface area contributed by atoms with Crippen molar-refractivity contribution in [3.8, 4) is 10.6 Å². The van der Waals surface area contributed by atoms with E-state index in [1.807, 2.05) is 49.4 Å². The van der Waals surface area contributed by atoms with Crippen LogP contribution in [0.2, 0.25) is 0 Å². The molecule has 0 aliphatic rings. The van der Waals surface area contributed by atoms with E-state index < -0.39 is 10.0 Å². The predicted octanol–water partition coefficient (Wildman–Crippen LogP) is 5.07. The Bertz CT molecular complexity index is 1150. The molecule has 0 saturated heterocycles. The van der Waals surface area contributed by atoms with Crippen molar-refractivity contribution >= 4 is 37.3 Å². The van der Waals surface area contributed by atoms with Gasteiger partial charge < -0.3 is 0 Å². The Morgan fingerprint density at radius 2 is 1.69 bits per heavy atom. The first kappa shape index (κ1) is 16.8. The molecule has 4 rings (SSSR count). The number of hydrogen-bond donors (Lipinski definition) is 1. The zero-order chi connectivity index (χ0) is 18.1. The number of para-hydroxylation sites is 1. The molecule has 1 aromatic heterocycles. The van der Waals surface area contributed by atoms with Gasteiger partial charge in [-0.05, 0) is 61.0 Å². The molecule has 130 valence electrons. The minimum Gasteiger partial charge on any atom is -0.280 e. The van der Waals surface area contributed by atoms with Crippen molar-refractivity contribution in [2.24, 2.45) is 0 Å². The molecule has 6 heteroatoms. The van der Waals surface area contributed by atoms with Gasteiger partial charge in [0.2, 0.25) is 0 Å². The number of benzene rings is 3. The Morgan fingerprint density at radius 1 is 0.923 bits per heavy atom. The maximum absolute atomic E-state index is 12.5. The van der Waals surface area contributed by atoms with E-state index >= 15 is 0 Å². The van der Waals surface area contributed by atoms with Gasteiger partial charge >= 0.3 is 0 Å². The third-order valence-corrected chi connectivity index (χ3v) is 6.44. The van der Waals surface area contributed by atoms with Gasteiger partial charge in [-0.25, -0.2) is 13.4 Å². The Balaban J connectivity index is 1.59. The van der Waals surface area contributed by atoms with Gasteiger partial charge in [0, 0.05) is 11.3 Å². The average Bonchev–Trinajstić information content (AvgIpc) is 3.06. The molecular weight excluding hydrogens is 364 g/mol. The second kappa shape index (κ2) is 6.55.